The molecule has 6 nitrogen and oxygen atoms in total. The summed E-state index contributed by atoms with van der Waals surface area (Å²) < 4.78 is 8.59. The number of nitrogens with zero attached hydrogens (tertiary/aromatic N) is 4. The minimum atomic E-state index is 0.728. The van der Waals surface area contributed by atoms with Gasteiger partial charge in [0.15, 0.2) is 11.4 Å². The van der Waals surface area contributed by atoms with Crippen LogP contribution in [0.2, 0.25) is 0 Å². The van der Waals surface area contributed by atoms with E-state index in [1.807, 2.05) is 19.2 Å². The van der Waals surface area contributed by atoms with Crippen LogP contribution in [-0.2, 0) is 6.42 Å². The lowest BCUT2D eigenvalue weighted by molar-refractivity contribution is 0.416. The highest BCUT2D eigenvalue weighted by atomic mass is 32.1. The molecular weight excluding hydrogens is 382 g/mol. The molecule has 0 amide bonds. The molecule has 0 unspecified atom stereocenters. The lowest BCUT2D eigenvalue weighted by atomic mass is 10.0. The number of rotatable bonds is 4. The van der Waals surface area contributed by atoms with Gasteiger partial charge in [-0.05, 0) is 49.6 Å². The fourth-order valence-corrected chi connectivity index (χ4v) is 4.95. The first-order valence-corrected chi connectivity index (χ1v) is 10.7. The van der Waals surface area contributed by atoms with Gasteiger partial charge in [-0.25, -0.2) is 14.5 Å². The molecule has 0 atom stereocenters. The number of benzene rings is 1. The Morgan fingerprint density at radius 3 is 2.90 bits per heavy atom. The number of hydrogen-bond acceptors (Lipinski definition) is 6. The summed E-state index contributed by atoms with van der Waals surface area (Å²) in [6, 6.07) is 6.38. The molecule has 3 aromatic heterocycles. The Bertz CT molecular complexity index is 1250. The summed E-state index contributed by atoms with van der Waals surface area (Å²) in [4.78, 5) is 9.50. The third kappa shape index (κ3) is 3.20. The highest BCUT2D eigenvalue weighted by molar-refractivity contribution is 7.19. The fraction of sp³-hybridized carbons (Fsp3) is 0.318. The topological polar surface area (TPSA) is 64.3 Å². The molecule has 1 aliphatic heterocycles. The highest BCUT2D eigenvalue weighted by Crippen LogP contribution is 2.35. The predicted molar refractivity (Wildman–Crippen MR) is 118 cm³/mol. The largest absolute Gasteiger partial charge is 0.493 e. The molecule has 1 aromatic carbocycles. The van der Waals surface area contributed by atoms with Gasteiger partial charge in [0.25, 0.3) is 0 Å². The van der Waals surface area contributed by atoms with Crippen molar-refractivity contribution in [3.05, 3.63) is 46.7 Å². The zero-order chi connectivity index (χ0) is 20.0. The second-order valence-corrected chi connectivity index (χ2v) is 8.32. The summed E-state index contributed by atoms with van der Waals surface area (Å²) in [5.41, 5.74) is 7.32. The minimum absolute atomic E-state index is 0.728. The van der Waals surface area contributed by atoms with Crippen LogP contribution >= 0.6 is 11.3 Å². The standard InChI is InChI=1S/C22H23N5OS/c1-4-14-9-16(17-11-18(28-3)21-24-13(2)12-27(21)26-17)10-19-20(14)25-22(29-19)15-5-7-23-8-6-15/h5,9-12,23H,4,6-8H2,1-3H3. The minimum Gasteiger partial charge on any atom is -0.493 e. The summed E-state index contributed by atoms with van der Waals surface area (Å²) in [5, 5.41) is 9.30. The Labute approximate surface area is 173 Å². The van der Waals surface area contributed by atoms with E-state index in [0.717, 1.165) is 64.8 Å². The van der Waals surface area contributed by atoms with Crippen LogP contribution in [0.5, 0.6) is 5.75 Å². The van der Waals surface area contributed by atoms with Crippen LogP contribution in [0.1, 0.15) is 29.6 Å². The van der Waals surface area contributed by atoms with Crippen molar-refractivity contribution in [2.24, 2.45) is 0 Å². The molecule has 0 saturated carbocycles. The zero-order valence-electron chi connectivity index (χ0n) is 16.8. The van der Waals surface area contributed by atoms with E-state index < -0.39 is 0 Å². The van der Waals surface area contributed by atoms with Crippen molar-refractivity contribution in [1.82, 2.24) is 24.9 Å². The van der Waals surface area contributed by atoms with E-state index >= 15 is 0 Å². The maximum atomic E-state index is 5.58. The fourth-order valence-electron chi connectivity index (χ4n) is 3.82. The second kappa shape index (κ2) is 7.24. The van der Waals surface area contributed by atoms with Crippen molar-refractivity contribution in [3.8, 4) is 17.0 Å². The molecule has 7 heteroatoms. The number of hydrogen-bond donors (Lipinski definition) is 1. The summed E-state index contributed by atoms with van der Waals surface area (Å²) >= 11 is 1.77. The average molecular weight is 406 g/mol. The third-order valence-electron chi connectivity index (χ3n) is 5.32. The Kier molecular flexibility index (Phi) is 4.56. The highest BCUT2D eigenvalue weighted by Gasteiger charge is 2.16. The van der Waals surface area contributed by atoms with Gasteiger partial charge in [-0.2, -0.15) is 5.10 Å². The average Bonchev–Trinajstić information content (AvgIpc) is 3.35. The Balaban J connectivity index is 1.67. The van der Waals surface area contributed by atoms with Crippen LogP contribution in [0.15, 0.2) is 30.5 Å². The normalized spacial score (nSPS) is 14.5. The number of methoxy groups -OCH3 is 1. The molecule has 1 aliphatic rings. The quantitative estimate of drug-likeness (QED) is 0.550. The van der Waals surface area contributed by atoms with Crippen molar-refractivity contribution < 1.29 is 4.74 Å². The molecule has 0 aliphatic carbocycles. The molecule has 5 rings (SSSR count). The second-order valence-electron chi connectivity index (χ2n) is 7.29. The van der Waals surface area contributed by atoms with E-state index in [1.54, 1.807) is 23.0 Å². The van der Waals surface area contributed by atoms with Crippen LogP contribution in [0, 0.1) is 6.92 Å². The SMILES string of the molecule is CCc1cc(-c2cc(OC)c3nc(C)cn3n2)cc2sc(C3=CCNCC3)nc12. The monoisotopic (exact) mass is 405 g/mol. The number of ether oxygens (including phenoxy) is 1. The van der Waals surface area contributed by atoms with Gasteiger partial charge in [0.1, 0.15) is 5.01 Å². The summed E-state index contributed by atoms with van der Waals surface area (Å²) in [7, 11) is 1.67. The molecule has 0 fully saturated rings. The van der Waals surface area contributed by atoms with Crippen LogP contribution < -0.4 is 10.1 Å². The zero-order valence-corrected chi connectivity index (χ0v) is 17.6. The molecule has 1 N–H and O–H groups in total. The van der Waals surface area contributed by atoms with E-state index in [9.17, 15) is 0 Å². The molecule has 0 spiro atoms. The van der Waals surface area contributed by atoms with Gasteiger partial charge in [-0.3, -0.25) is 0 Å². The van der Waals surface area contributed by atoms with E-state index in [0.29, 0.717) is 0 Å². The van der Waals surface area contributed by atoms with Crippen molar-refractivity contribution in [3.63, 3.8) is 0 Å². The van der Waals surface area contributed by atoms with Crippen molar-refractivity contribution in [2.75, 3.05) is 20.2 Å². The molecule has 29 heavy (non-hydrogen) atoms. The van der Waals surface area contributed by atoms with Gasteiger partial charge in [0, 0.05) is 18.2 Å². The molecule has 0 saturated heterocycles. The third-order valence-corrected chi connectivity index (χ3v) is 6.40. The van der Waals surface area contributed by atoms with E-state index in [1.165, 1.54) is 15.8 Å². The summed E-state index contributed by atoms with van der Waals surface area (Å²) in [6.45, 7) is 6.08. The van der Waals surface area contributed by atoms with E-state index in [4.69, 9.17) is 14.8 Å². The maximum Gasteiger partial charge on any atom is 0.196 e. The predicted octanol–water partition coefficient (Wildman–Crippen LogP) is 4.26. The first kappa shape index (κ1) is 18.3. The van der Waals surface area contributed by atoms with Gasteiger partial charge in [0.2, 0.25) is 0 Å². The molecular formula is C22H23N5OS. The smallest absolute Gasteiger partial charge is 0.196 e. The van der Waals surface area contributed by atoms with Gasteiger partial charge in [0.05, 0.1) is 34.9 Å². The number of aryl methyl sites for hydroxylation is 2. The van der Waals surface area contributed by atoms with Gasteiger partial charge >= 0.3 is 0 Å². The van der Waals surface area contributed by atoms with Crippen LogP contribution in [0.3, 0.4) is 0 Å². The van der Waals surface area contributed by atoms with Gasteiger partial charge in [-0.15, -0.1) is 11.3 Å². The van der Waals surface area contributed by atoms with E-state index in [-0.39, 0.29) is 0 Å². The summed E-state index contributed by atoms with van der Waals surface area (Å²) in [5.74, 6) is 0.728. The van der Waals surface area contributed by atoms with Crippen molar-refractivity contribution in [1.29, 1.82) is 0 Å². The maximum absolute atomic E-state index is 5.58. The number of fused-ring (bicyclic) bond motifs is 2. The van der Waals surface area contributed by atoms with Gasteiger partial charge < -0.3 is 10.1 Å². The van der Waals surface area contributed by atoms with Crippen molar-refractivity contribution >= 4 is 32.8 Å². The number of nitrogens with one attached hydrogen (secondary N) is 1. The van der Waals surface area contributed by atoms with Crippen molar-refractivity contribution in [2.45, 2.75) is 26.7 Å². The Hall–Kier alpha value is -2.77. The van der Waals surface area contributed by atoms with E-state index in [2.05, 4.69) is 35.4 Å². The number of aromatic nitrogens is 4. The summed E-state index contributed by atoms with van der Waals surface area (Å²) in [6.07, 6.45) is 6.14. The first-order chi connectivity index (χ1) is 14.2. The first-order valence-electron chi connectivity index (χ1n) is 9.91. The Morgan fingerprint density at radius 1 is 1.24 bits per heavy atom. The van der Waals surface area contributed by atoms with Crippen LogP contribution in [0.4, 0.5) is 0 Å². The number of thiazole rings is 1. The molecule has 4 heterocycles. The Morgan fingerprint density at radius 2 is 2.14 bits per heavy atom. The molecule has 0 radical (unpaired) electrons. The molecule has 4 aromatic rings. The van der Waals surface area contributed by atoms with Crippen LogP contribution in [0.25, 0.3) is 32.7 Å². The van der Waals surface area contributed by atoms with Gasteiger partial charge in [-0.1, -0.05) is 13.0 Å². The van der Waals surface area contributed by atoms with Crippen LogP contribution in [-0.4, -0.2) is 39.8 Å². The molecule has 148 valence electrons. The lowest BCUT2D eigenvalue weighted by Crippen LogP contribution is -2.19. The molecule has 0 bridgehead atoms. The lowest BCUT2D eigenvalue weighted by Gasteiger charge is -2.10. The number of imidazole rings is 1.